The van der Waals surface area contributed by atoms with E-state index in [9.17, 15) is 9.59 Å². The van der Waals surface area contributed by atoms with Crippen molar-refractivity contribution in [2.75, 3.05) is 20.1 Å². The van der Waals surface area contributed by atoms with E-state index in [2.05, 4.69) is 0 Å². The Morgan fingerprint density at radius 1 is 1.25 bits per heavy atom. The van der Waals surface area contributed by atoms with Crippen molar-refractivity contribution in [3.05, 3.63) is 0 Å². The number of quaternary nitrogens is 1. The molecule has 0 spiro atoms. The van der Waals surface area contributed by atoms with Crippen molar-refractivity contribution in [2.24, 2.45) is 0 Å². The smallest absolute Gasteiger partial charge is 0.581 e. The van der Waals surface area contributed by atoms with E-state index in [4.69, 9.17) is 9.31 Å². The number of hydrogen-bond donors (Lipinski definition) is 0. The van der Waals surface area contributed by atoms with Gasteiger partial charge < -0.3 is 13.7 Å². The van der Waals surface area contributed by atoms with Crippen LogP contribution < -0.4 is 0 Å². The molecule has 0 saturated carbocycles. The van der Waals surface area contributed by atoms with Crippen LogP contribution in [0.1, 0.15) is 0 Å². The second-order valence-corrected chi connectivity index (χ2v) is 3.81. The van der Waals surface area contributed by atoms with Gasteiger partial charge in [0.25, 0.3) is 0 Å². The highest BCUT2D eigenvalue weighted by molar-refractivity contribution is 6.64. The molecule has 66 valence electrons. The van der Waals surface area contributed by atoms with Crippen molar-refractivity contribution in [1.82, 2.24) is 0 Å². The lowest BCUT2D eigenvalue weighted by molar-refractivity contribution is -0.792. The fourth-order valence-corrected chi connectivity index (χ4v) is 1.82. The number of carbonyl (C=O) groups is 2. The van der Waals surface area contributed by atoms with Crippen LogP contribution in [-0.4, -0.2) is 43.2 Å². The van der Waals surface area contributed by atoms with Gasteiger partial charge in [-0.05, 0) is 6.82 Å². The van der Waals surface area contributed by atoms with Crippen molar-refractivity contribution in [2.45, 2.75) is 6.82 Å². The molecule has 0 unspecified atom stereocenters. The van der Waals surface area contributed by atoms with Gasteiger partial charge in [0.1, 0.15) is 13.1 Å². The summed E-state index contributed by atoms with van der Waals surface area (Å²) in [6.07, 6.45) is 0. The number of nitrogens with zero attached hydrogens (tertiary/aromatic N) is 1. The molecular weight excluding hydrogens is 161 g/mol. The molecule has 0 bridgehead atoms. The molecule has 2 rings (SSSR count). The first kappa shape index (κ1) is 7.61. The van der Waals surface area contributed by atoms with E-state index in [1.54, 1.807) is 13.9 Å². The third-order valence-corrected chi connectivity index (χ3v) is 2.81. The molecular formula is C6H10BNO4. The molecule has 0 aliphatic carbocycles. The Kier molecular flexibility index (Phi) is 1.15. The fraction of sp³-hybridized carbons (Fsp3) is 0.667. The lowest BCUT2D eigenvalue weighted by Crippen LogP contribution is -2.57. The average Bonchev–Trinajstić information content (AvgIpc) is 2.09. The summed E-state index contributed by atoms with van der Waals surface area (Å²) >= 11 is 0. The van der Waals surface area contributed by atoms with E-state index in [1.165, 1.54) is 0 Å². The van der Waals surface area contributed by atoms with Gasteiger partial charge in [0.2, 0.25) is 0 Å². The molecule has 0 aromatic rings. The second kappa shape index (κ2) is 1.82. The maximum absolute atomic E-state index is 11.0. The van der Waals surface area contributed by atoms with Crippen LogP contribution in [-0.2, 0) is 18.9 Å². The van der Waals surface area contributed by atoms with Gasteiger partial charge in [-0.1, -0.05) is 0 Å². The summed E-state index contributed by atoms with van der Waals surface area (Å²) in [5.74, 6) is -0.569. The van der Waals surface area contributed by atoms with Gasteiger partial charge >= 0.3 is 18.6 Å². The van der Waals surface area contributed by atoms with E-state index in [1.807, 2.05) is 0 Å². The third-order valence-electron chi connectivity index (χ3n) is 2.81. The van der Waals surface area contributed by atoms with Crippen LogP contribution in [0.25, 0.3) is 0 Å². The van der Waals surface area contributed by atoms with Crippen molar-refractivity contribution < 1.29 is 23.3 Å². The summed E-state index contributed by atoms with van der Waals surface area (Å²) in [6, 6.07) is 0. The van der Waals surface area contributed by atoms with Crippen molar-refractivity contribution >= 4 is 18.6 Å². The summed E-state index contributed by atoms with van der Waals surface area (Å²) < 4.78 is 10.3. The van der Waals surface area contributed by atoms with E-state index in [0.717, 1.165) is 0 Å². The lowest BCUT2D eigenvalue weighted by atomic mass is 9.72. The van der Waals surface area contributed by atoms with E-state index < -0.39 is 6.69 Å². The molecule has 2 aliphatic heterocycles. The molecule has 0 amide bonds. The van der Waals surface area contributed by atoms with Gasteiger partial charge in [0.05, 0.1) is 0 Å². The largest absolute Gasteiger partial charge is 0.600 e. The predicted molar refractivity (Wildman–Crippen MR) is 39.7 cm³/mol. The van der Waals surface area contributed by atoms with Gasteiger partial charge in [-0.3, -0.25) is 9.59 Å². The first-order valence-corrected chi connectivity index (χ1v) is 3.91. The van der Waals surface area contributed by atoms with Crippen LogP contribution in [0, 0.1) is 0 Å². The maximum atomic E-state index is 11.0. The normalized spacial score (nSPS) is 45.5. The Hall–Kier alpha value is -1.04. The van der Waals surface area contributed by atoms with E-state index >= 15 is 0 Å². The van der Waals surface area contributed by atoms with E-state index in [-0.39, 0.29) is 29.4 Å². The minimum atomic E-state index is -1.75. The predicted octanol–water partition coefficient (Wildman–Crippen LogP) is -0.885. The van der Waals surface area contributed by atoms with Crippen LogP contribution in [0.4, 0.5) is 0 Å². The number of fused-ring (bicyclic) bond motifs is 1. The monoisotopic (exact) mass is 171 g/mol. The number of carbonyl (C=O) groups excluding carboxylic acids is 2. The minimum absolute atomic E-state index is 0.238. The summed E-state index contributed by atoms with van der Waals surface area (Å²) in [6.45, 7) is 0.408. The summed E-state index contributed by atoms with van der Waals surface area (Å²) in [7, 11) is 1.80. The molecule has 0 atom stereocenters. The van der Waals surface area contributed by atoms with Crippen molar-refractivity contribution in [3.8, 4) is 0 Å². The molecule has 0 radical (unpaired) electrons. The average molecular weight is 171 g/mol. The van der Waals surface area contributed by atoms with Crippen LogP contribution in [0.5, 0.6) is 0 Å². The summed E-state index contributed by atoms with van der Waals surface area (Å²) in [5.41, 5.74) is 0. The quantitative estimate of drug-likeness (QED) is 0.444. The van der Waals surface area contributed by atoms with Gasteiger partial charge in [-0.25, -0.2) is 0 Å². The van der Waals surface area contributed by atoms with Gasteiger partial charge in [0, 0.05) is 7.05 Å². The SMILES string of the molecule is C[B-]12OC(=O)C[N+]1(C)CC(=O)O2. The fourth-order valence-electron chi connectivity index (χ4n) is 1.82. The van der Waals surface area contributed by atoms with Crippen LogP contribution in [0.2, 0.25) is 6.82 Å². The second-order valence-electron chi connectivity index (χ2n) is 3.81. The Bertz CT molecular complexity index is 233. The molecule has 12 heavy (non-hydrogen) atoms. The molecule has 0 N–H and O–H groups in total. The number of likely N-dealkylation sites (N-methyl/N-ethyl adjacent to an activating group) is 1. The highest BCUT2D eigenvalue weighted by Gasteiger charge is 2.61. The van der Waals surface area contributed by atoms with Gasteiger partial charge in [0.15, 0.2) is 0 Å². The van der Waals surface area contributed by atoms with Crippen molar-refractivity contribution in [3.63, 3.8) is 0 Å². The Labute approximate surface area is 69.8 Å². The first-order valence-electron chi connectivity index (χ1n) is 3.91. The van der Waals surface area contributed by atoms with Crippen LogP contribution in [0.3, 0.4) is 0 Å². The third kappa shape index (κ3) is 0.727. The maximum Gasteiger partial charge on any atom is 0.581 e. The zero-order valence-corrected chi connectivity index (χ0v) is 7.07. The Morgan fingerprint density at radius 3 is 2.00 bits per heavy atom. The molecule has 5 nitrogen and oxygen atoms in total. The topological polar surface area (TPSA) is 52.6 Å². The molecule has 0 aromatic carbocycles. The summed E-state index contributed by atoms with van der Waals surface area (Å²) in [4.78, 5) is 21.9. The molecule has 6 heteroatoms. The molecule has 2 fully saturated rings. The number of rotatable bonds is 0. The standard InChI is InChI=1S/C6H10BNO4/c1-7-8(2,3-5(9)11-7)4-6(10)12-7/h3-4H2,1-2H3. The minimum Gasteiger partial charge on any atom is -0.600 e. The lowest BCUT2D eigenvalue weighted by Gasteiger charge is -2.36. The van der Waals surface area contributed by atoms with E-state index in [0.29, 0.717) is 0 Å². The highest BCUT2D eigenvalue weighted by atomic mass is 16.7. The summed E-state index contributed by atoms with van der Waals surface area (Å²) in [5, 5.41) is 0. The van der Waals surface area contributed by atoms with Gasteiger partial charge in [-0.15, -0.1) is 0 Å². The molecule has 0 aromatic heterocycles. The Balaban J connectivity index is 2.38. The van der Waals surface area contributed by atoms with Crippen molar-refractivity contribution in [1.29, 1.82) is 0 Å². The van der Waals surface area contributed by atoms with Crippen LogP contribution >= 0.6 is 0 Å². The molecule has 2 saturated heterocycles. The Morgan fingerprint density at radius 2 is 1.67 bits per heavy atom. The first-order chi connectivity index (χ1) is 5.45. The molecule has 2 aliphatic rings. The highest BCUT2D eigenvalue weighted by Crippen LogP contribution is 2.32. The number of hydrogen-bond acceptors (Lipinski definition) is 4. The zero-order chi connectivity index (χ0) is 8.98. The molecule has 2 heterocycles. The zero-order valence-electron chi connectivity index (χ0n) is 7.07. The van der Waals surface area contributed by atoms with Gasteiger partial charge in [-0.2, -0.15) is 0 Å². The van der Waals surface area contributed by atoms with Crippen LogP contribution in [0.15, 0.2) is 0 Å².